The van der Waals surface area contributed by atoms with Crippen LogP contribution >= 0.6 is 46.1 Å². The van der Waals surface area contributed by atoms with Crippen LogP contribution in [0.15, 0.2) is 24.3 Å². The number of hydrogen-bond acceptors (Lipinski definition) is 3. The second-order valence-electron chi connectivity index (χ2n) is 3.89. The molecule has 2 nitrogen and oxygen atoms in total. The molecule has 0 bridgehead atoms. The Morgan fingerprint density at radius 3 is 2.42 bits per heavy atom. The summed E-state index contributed by atoms with van der Waals surface area (Å²) in [6.07, 6.45) is 0. The summed E-state index contributed by atoms with van der Waals surface area (Å²) in [5.41, 5.74) is 1.84. The van der Waals surface area contributed by atoms with Gasteiger partial charge in [0.2, 0.25) is 0 Å². The Morgan fingerprint density at radius 2 is 1.89 bits per heavy atom. The van der Waals surface area contributed by atoms with Crippen molar-refractivity contribution in [3.05, 3.63) is 49.1 Å². The van der Waals surface area contributed by atoms with E-state index in [-0.39, 0.29) is 6.04 Å². The number of hydrogen-bond donors (Lipinski definition) is 1. The Bertz CT molecular complexity index is 585. The molecule has 0 fully saturated rings. The van der Waals surface area contributed by atoms with Crippen molar-refractivity contribution in [1.82, 2.24) is 5.32 Å². The highest BCUT2D eigenvalue weighted by molar-refractivity contribution is 7.20. The number of benzene rings is 1. The van der Waals surface area contributed by atoms with Gasteiger partial charge in [0.1, 0.15) is 5.75 Å². The predicted molar refractivity (Wildman–Crippen MR) is 83.2 cm³/mol. The van der Waals surface area contributed by atoms with Gasteiger partial charge in [-0.25, -0.2) is 0 Å². The minimum atomic E-state index is -0.120. The number of rotatable bonds is 4. The molecular formula is C13H12Cl3NOS. The van der Waals surface area contributed by atoms with E-state index in [1.54, 1.807) is 13.2 Å². The lowest BCUT2D eigenvalue weighted by atomic mass is 10.0. The van der Waals surface area contributed by atoms with E-state index in [0.29, 0.717) is 13.7 Å². The molecule has 102 valence electrons. The highest BCUT2D eigenvalue weighted by atomic mass is 35.5. The molecule has 1 aromatic heterocycles. The van der Waals surface area contributed by atoms with Gasteiger partial charge >= 0.3 is 0 Å². The third-order valence-electron chi connectivity index (χ3n) is 2.79. The van der Waals surface area contributed by atoms with Crippen molar-refractivity contribution in [2.24, 2.45) is 0 Å². The first-order valence-corrected chi connectivity index (χ1v) is 7.47. The van der Waals surface area contributed by atoms with Crippen LogP contribution in [0.25, 0.3) is 0 Å². The molecule has 0 amide bonds. The van der Waals surface area contributed by atoms with E-state index < -0.39 is 0 Å². The van der Waals surface area contributed by atoms with E-state index in [0.717, 1.165) is 16.9 Å². The predicted octanol–water partition coefficient (Wildman–Crippen LogP) is 5.03. The van der Waals surface area contributed by atoms with Crippen molar-refractivity contribution in [1.29, 1.82) is 0 Å². The van der Waals surface area contributed by atoms with Crippen LogP contribution < -0.4 is 10.1 Å². The molecule has 6 heteroatoms. The zero-order valence-electron chi connectivity index (χ0n) is 10.3. The van der Waals surface area contributed by atoms with Crippen LogP contribution in [0.1, 0.15) is 17.2 Å². The molecule has 1 atom stereocenters. The van der Waals surface area contributed by atoms with Crippen LogP contribution in [-0.4, -0.2) is 14.2 Å². The van der Waals surface area contributed by atoms with Gasteiger partial charge in [0, 0.05) is 16.1 Å². The van der Waals surface area contributed by atoms with Crippen molar-refractivity contribution in [3.63, 3.8) is 0 Å². The average molecular weight is 337 g/mol. The van der Waals surface area contributed by atoms with Gasteiger partial charge in [0.05, 0.1) is 21.8 Å². The topological polar surface area (TPSA) is 21.3 Å². The summed E-state index contributed by atoms with van der Waals surface area (Å²) < 4.78 is 6.69. The third-order valence-corrected chi connectivity index (χ3v) is 4.54. The minimum absolute atomic E-state index is 0.120. The second kappa shape index (κ2) is 6.33. The number of ether oxygens (including phenoxy) is 1. The maximum atomic E-state index is 6.22. The Morgan fingerprint density at radius 1 is 1.16 bits per heavy atom. The Hall–Kier alpha value is -0.450. The lowest BCUT2D eigenvalue weighted by Gasteiger charge is -2.19. The van der Waals surface area contributed by atoms with Crippen molar-refractivity contribution in [2.75, 3.05) is 14.2 Å². The van der Waals surface area contributed by atoms with Crippen LogP contribution in [0.5, 0.6) is 5.75 Å². The SMILES string of the molecule is CNC(c1cc(Cl)ccc1OC)c1cc(Cl)sc1Cl. The minimum Gasteiger partial charge on any atom is -0.496 e. The van der Waals surface area contributed by atoms with E-state index in [4.69, 9.17) is 39.5 Å². The van der Waals surface area contributed by atoms with Gasteiger partial charge in [-0.05, 0) is 31.3 Å². The lowest BCUT2D eigenvalue weighted by Crippen LogP contribution is -2.18. The van der Waals surface area contributed by atoms with Gasteiger partial charge in [-0.15, -0.1) is 11.3 Å². The molecule has 0 aliphatic carbocycles. The van der Waals surface area contributed by atoms with Crippen molar-refractivity contribution < 1.29 is 4.74 Å². The molecule has 0 saturated carbocycles. The summed E-state index contributed by atoms with van der Waals surface area (Å²) in [5, 5.41) is 3.86. The standard InChI is InChI=1S/C13H12Cl3NOS/c1-17-12(9-6-11(15)19-13(9)16)8-5-7(14)3-4-10(8)18-2/h3-6,12,17H,1-2H3. The number of halogens is 3. The molecule has 19 heavy (non-hydrogen) atoms. The van der Waals surface area contributed by atoms with Crippen LogP contribution in [-0.2, 0) is 0 Å². The van der Waals surface area contributed by atoms with Gasteiger partial charge in [-0.3, -0.25) is 0 Å². The summed E-state index contributed by atoms with van der Waals surface area (Å²) in [5.74, 6) is 0.752. The van der Waals surface area contributed by atoms with E-state index in [2.05, 4.69) is 5.32 Å². The van der Waals surface area contributed by atoms with Gasteiger partial charge < -0.3 is 10.1 Å². The zero-order valence-corrected chi connectivity index (χ0v) is 13.4. The molecular weight excluding hydrogens is 325 g/mol. The Labute approximate surface area is 131 Å². The van der Waals surface area contributed by atoms with E-state index in [1.807, 2.05) is 25.2 Å². The highest BCUT2D eigenvalue weighted by Crippen LogP contribution is 2.40. The summed E-state index contributed by atoms with van der Waals surface area (Å²) >= 11 is 19.6. The summed E-state index contributed by atoms with van der Waals surface area (Å²) in [7, 11) is 3.48. The largest absolute Gasteiger partial charge is 0.496 e. The van der Waals surface area contributed by atoms with Gasteiger partial charge in [0.15, 0.2) is 0 Å². The zero-order chi connectivity index (χ0) is 14.0. The number of thiophene rings is 1. The van der Waals surface area contributed by atoms with Crippen LogP contribution in [0.3, 0.4) is 0 Å². The van der Waals surface area contributed by atoms with Crippen molar-refractivity contribution >= 4 is 46.1 Å². The normalized spacial score (nSPS) is 12.5. The molecule has 1 N–H and O–H groups in total. The van der Waals surface area contributed by atoms with Gasteiger partial charge in [-0.1, -0.05) is 34.8 Å². The molecule has 1 aromatic carbocycles. The van der Waals surface area contributed by atoms with Crippen molar-refractivity contribution in [2.45, 2.75) is 6.04 Å². The first kappa shape index (κ1) is 14.9. The molecule has 0 radical (unpaired) electrons. The quantitative estimate of drug-likeness (QED) is 0.846. The van der Waals surface area contributed by atoms with E-state index in [1.165, 1.54) is 11.3 Å². The van der Waals surface area contributed by atoms with Crippen molar-refractivity contribution in [3.8, 4) is 5.75 Å². The molecule has 1 unspecified atom stereocenters. The molecule has 2 aromatic rings. The Balaban J connectivity index is 2.53. The summed E-state index contributed by atoms with van der Waals surface area (Å²) in [6, 6.07) is 7.23. The monoisotopic (exact) mass is 335 g/mol. The maximum Gasteiger partial charge on any atom is 0.124 e. The second-order valence-corrected chi connectivity index (χ2v) is 6.61. The highest BCUT2D eigenvalue weighted by Gasteiger charge is 2.21. The molecule has 0 aliphatic heterocycles. The first-order chi connectivity index (χ1) is 9.06. The van der Waals surface area contributed by atoms with E-state index in [9.17, 15) is 0 Å². The fourth-order valence-electron chi connectivity index (χ4n) is 1.96. The van der Waals surface area contributed by atoms with E-state index >= 15 is 0 Å². The molecule has 0 aliphatic rings. The average Bonchev–Trinajstić information content (AvgIpc) is 2.70. The molecule has 1 heterocycles. The van der Waals surface area contributed by atoms with Gasteiger partial charge in [0.25, 0.3) is 0 Å². The fourth-order valence-corrected chi connectivity index (χ4v) is 3.67. The Kier molecular flexibility index (Phi) is 4.98. The third kappa shape index (κ3) is 3.18. The molecule has 2 rings (SSSR count). The fraction of sp³-hybridized carbons (Fsp3) is 0.231. The van der Waals surface area contributed by atoms with Gasteiger partial charge in [-0.2, -0.15) is 0 Å². The summed E-state index contributed by atoms with van der Waals surface area (Å²) in [4.78, 5) is 0. The smallest absolute Gasteiger partial charge is 0.124 e. The molecule has 0 saturated heterocycles. The number of methoxy groups -OCH3 is 1. The lowest BCUT2D eigenvalue weighted by molar-refractivity contribution is 0.405. The maximum absolute atomic E-state index is 6.22. The number of nitrogens with one attached hydrogen (secondary N) is 1. The summed E-state index contributed by atoms with van der Waals surface area (Å²) in [6.45, 7) is 0. The first-order valence-electron chi connectivity index (χ1n) is 5.52. The molecule has 0 spiro atoms. The van der Waals surface area contributed by atoms with Crippen LogP contribution in [0, 0.1) is 0 Å². The van der Waals surface area contributed by atoms with Crippen LogP contribution in [0.2, 0.25) is 13.7 Å². The van der Waals surface area contributed by atoms with Crippen LogP contribution in [0.4, 0.5) is 0 Å².